The fourth-order valence-electron chi connectivity index (χ4n) is 3.40. The Hall–Kier alpha value is -2.26. The SMILES string of the molecule is CN(C)c1ccc(C2NCCn3c2cc2ccccc23)cc1. The largest absolute Gasteiger partial charge is 0.378 e. The van der Waals surface area contributed by atoms with Crippen LogP contribution >= 0.6 is 0 Å². The molecule has 1 aliphatic rings. The number of anilines is 1. The third-order valence-electron chi connectivity index (χ3n) is 4.57. The normalized spacial score (nSPS) is 17.5. The summed E-state index contributed by atoms with van der Waals surface area (Å²) < 4.78 is 2.45. The van der Waals surface area contributed by atoms with Crippen LogP contribution in [0.2, 0.25) is 0 Å². The first-order valence-electron chi connectivity index (χ1n) is 7.83. The molecule has 3 nitrogen and oxygen atoms in total. The van der Waals surface area contributed by atoms with Gasteiger partial charge in [-0.05, 0) is 35.2 Å². The quantitative estimate of drug-likeness (QED) is 0.781. The van der Waals surface area contributed by atoms with E-state index in [-0.39, 0.29) is 6.04 Å². The van der Waals surface area contributed by atoms with Crippen molar-refractivity contribution in [1.29, 1.82) is 0 Å². The van der Waals surface area contributed by atoms with Crippen molar-refractivity contribution in [1.82, 2.24) is 9.88 Å². The standard InChI is InChI=1S/C19H21N3/c1-21(2)16-9-7-14(8-10-16)19-18-13-15-5-3-4-6-17(15)22(18)12-11-20-19/h3-10,13,19-20H,11-12H2,1-2H3. The Morgan fingerprint density at radius 1 is 1.05 bits per heavy atom. The van der Waals surface area contributed by atoms with E-state index in [0.717, 1.165) is 13.1 Å². The second kappa shape index (κ2) is 5.18. The van der Waals surface area contributed by atoms with Crippen molar-refractivity contribution in [2.45, 2.75) is 12.6 Å². The van der Waals surface area contributed by atoms with Crippen LogP contribution in [0.4, 0.5) is 5.69 Å². The average Bonchev–Trinajstić information content (AvgIpc) is 2.93. The van der Waals surface area contributed by atoms with Crippen molar-refractivity contribution in [3.63, 3.8) is 0 Å². The molecule has 0 amide bonds. The summed E-state index contributed by atoms with van der Waals surface area (Å²) in [5.41, 5.74) is 5.27. The summed E-state index contributed by atoms with van der Waals surface area (Å²) in [6.07, 6.45) is 0. The maximum Gasteiger partial charge on any atom is 0.0732 e. The molecule has 1 aromatic heterocycles. The lowest BCUT2D eigenvalue weighted by Crippen LogP contribution is -2.33. The van der Waals surface area contributed by atoms with Gasteiger partial charge >= 0.3 is 0 Å². The van der Waals surface area contributed by atoms with Gasteiger partial charge in [0.05, 0.1) is 6.04 Å². The lowest BCUT2D eigenvalue weighted by atomic mass is 10.0. The van der Waals surface area contributed by atoms with Gasteiger partial charge in [-0.15, -0.1) is 0 Å². The number of hydrogen-bond donors (Lipinski definition) is 1. The van der Waals surface area contributed by atoms with Crippen LogP contribution in [-0.4, -0.2) is 25.2 Å². The minimum Gasteiger partial charge on any atom is -0.378 e. The number of para-hydroxylation sites is 1. The van der Waals surface area contributed by atoms with Crippen LogP contribution in [0.15, 0.2) is 54.6 Å². The lowest BCUT2D eigenvalue weighted by molar-refractivity contribution is 0.475. The number of nitrogens with zero attached hydrogens (tertiary/aromatic N) is 2. The van der Waals surface area contributed by atoms with Crippen LogP contribution in [0.5, 0.6) is 0 Å². The van der Waals surface area contributed by atoms with E-state index in [1.807, 2.05) is 0 Å². The zero-order valence-electron chi connectivity index (χ0n) is 13.1. The Balaban J connectivity index is 1.78. The molecular weight excluding hydrogens is 270 g/mol. The Morgan fingerprint density at radius 2 is 1.82 bits per heavy atom. The van der Waals surface area contributed by atoms with Crippen molar-refractivity contribution in [3.05, 3.63) is 65.9 Å². The molecule has 4 rings (SSSR count). The number of rotatable bonds is 2. The first kappa shape index (κ1) is 13.4. The van der Waals surface area contributed by atoms with E-state index in [2.05, 4.69) is 83.5 Å². The van der Waals surface area contributed by atoms with Gasteiger partial charge in [-0.25, -0.2) is 0 Å². The zero-order chi connectivity index (χ0) is 15.1. The van der Waals surface area contributed by atoms with Gasteiger partial charge in [0.2, 0.25) is 0 Å². The molecular formula is C19H21N3. The molecule has 3 heteroatoms. The first-order valence-corrected chi connectivity index (χ1v) is 7.83. The van der Waals surface area contributed by atoms with Gasteiger partial charge in [0, 0.05) is 44.1 Å². The first-order chi connectivity index (χ1) is 10.7. The second-order valence-corrected chi connectivity index (χ2v) is 6.15. The Kier molecular flexibility index (Phi) is 3.16. The van der Waals surface area contributed by atoms with Gasteiger partial charge in [0.25, 0.3) is 0 Å². The highest BCUT2D eigenvalue weighted by molar-refractivity contribution is 5.81. The van der Waals surface area contributed by atoms with Gasteiger partial charge in [0.1, 0.15) is 0 Å². The van der Waals surface area contributed by atoms with E-state index in [4.69, 9.17) is 0 Å². The fraction of sp³-hybridized carbons (Fsp3) is 0.263. The monoisotopic (exact) mass is 291 g/mol. The van der Waals surface area contributed by atoms with E-state index < -0.39 is 0 Å². The highest BCUT2D eigenvalue weighted by Gasteiger charge is 2.23. The number of fused-ring (bicyclic) bond motifs is 3. The van der Waals surface area contributed by atoms with E-state index in [9.17, 15) is 0 Å². The minimum absolute atomic E-state index is 0.275. The molecule has 0 radical (unpaired) electrons. The lowest BCUT2D eigenvalue weighted by Gasteiger charge is -2.27. The van der Waals surface area contributed by atoms with Gasteiger partial charge in [0.15, 0.2) is 0 Å². The topological polar surface area (TPSA) is 20.2 Å². The van der Waals surface area contributed by atoms with E-state index in [1.54, 1.807) is 0 Å². The molecule has 0 spiro atoms. The Morgan fingerprint density at radius 3 is 2.59 bits per heavy atom. The molecule has 0 aliphatic carbocycles. The summed E-state index contributed by atoms with van der Waals surface area (Å²) in [5.74, 6) is 0. The van der Waals surface area contributed by atoms with Crippen LogP contribution < -0.4 is 10.2 Å². The van der Waals surface area contributed by atoms with E-state index in [1.165, 1.54) is 27.8 Å². The second-order valence-electron chi connectivity index (χ2n) is 6.15. The smallest absolute Gasteiger partial charge is 0.0732 e. The molecule has 1 unspecified atom stereocenters. The summed E-state index contributed by atoms with van der Waals surface area (Å²) in [6.45, 7) is 2.04. The van der Waals surface area contributed by atoms with Crippen molar-refractivity contribution in [2.24, 2.45) is 0 Å². The molecule has 0 fully saturated rings. The van der Waals surface area contributed by atoms with Crippen molar-refractivity contribution in [3.8, 4) is 0 Å². The van der Waals surface area contributed by atoms with Crippen LogP contribution in [-0.2, 0) is 6.54 Å². The van der Waals surface area contributed by atoms with Crippen LogP contribution in [0.3, 0.4) is 0 Å². The molecule has 2 heterocycles. The summed E-state index contributed by atoms with van der Waals surface area (Å²) >= 11 is 0. The van der Waals surface area contributed by atoms with Gasteiger partial charge in [-0.1, -0.05) is 30.3 Å². The number of nitrogens with one attached hydrogen (secondary N) is 1. The molecule has 2 aromatic carbocycles. The van der Waals surface area contributed by atoms with Crippen molar-refractivity contribution in [2.75, 3.05) is 25.5 Å². The summed E-state index contributed by atoms with van der Waals surface area (Å²) in [5, 5.41) is 5.00. The molecule has 3 aromatic rings. The van der Waals surface area contributed by atoms with Gasteiger partial charge < -0.3 is 14.8 Å². The molecule has 112 valence electrons. The maximum atomic E-state index is 3.67. The van der Waals surface area contributed by atoms with Crippen LogP contribution in [0.25, 0.3) is 10.9 Å². The predicted molar refractivity (Wildman–Crippen MR) is 92.6 cm³/mol. The van der Waals surface area contributed by atoms with Crippen LogP contribution in [0, 0.1) is 0 Å². The van der Waals surface area contributed by atoms with E-state index >= 15 is 0 Å². The Labute approximate surface area is 131 Å². The minimum atomic E-state index is 0.275. The number of aromatic nitrogens is 1. The molecule has 1 N–H and O–H groups in total. The molecule has 0 saturated heterocycles. The van der Waals surface area contributed by atoms with E-state index in [0.29, 0.717) is 0 Å². The van der Waals surface area contributed by atoms with Gasteiger partial charge in [-0.3, -0.25) is 0 Å². The summed E-state index contributed by atoms with van der Waals surface area (Å²) in [7, 11) is 4.15. The fourth-order valence-corrected chi connectivity index (χ4v) is 3.40. The third kappa shape index (κ3) is 2.09. The summed E-state index contributed by atoms with van der Waals surface area (Å²) in [4.78, 5) is 2.13. The summed E-state index contributed by atoms with van der Waals surface area (Å²) in [6, 6.07) is 20.1. The molecule has 1 atom stereocenters. The molecule has 0 saturated carbocycles. The molecule has 0 bridgehead atoms. The highest BCUT2D eigenvalue weighted by atomic mass is 15.1. The molecule has 1 aliphatic heterocycles. The average molecular weight is 291 g/mol. The highest BCUT2D eigenvalue weighted by Crippen LogP contribution is 2.31. The van der Waals surface area contributed by atoms with Crippen molar-refractivity contribution >= 4 is 16.6 Å². The maximum absolute atomic E-state index is 3.67. The van der Waals surface area contributed by atoms with Gasteiger partial charge in [-0.2, -0.15) is 0 Å². The number of hydrogen-bond acceptors (Lipinski definition) is 2. The third-order valence-corrected chi connectivity index (χ3v) is 4.57. The molecule has 22 heavy (non-hydrogen) atoms. The van der Waals surface area contributed by atoms with Crippen LogP contribution in [0.1, 0.15) is 17.3 Å². The van der Waals surface area contributed by atoms with Crippen molar-refractivity contribution < 1.29 is 0 Å². The zero-order valence-corrected chi connectivity index (χ0v) is 13.1. The number of benzene rings is 2. The Bertz CT molecular complexity index is 799. The predicted octanol–water partition coefficient (Wildman–Crippen LogP) is 3.40.